The van der Waals surface area contributed by atoms with Crippen LogP contribution in [0.15, 0.2) is 83.9 Å². The number of rotatable bonds is 8. The van der Waals surface area contributed by atoms with Crippen LogP contribution in [0, 0.1) is 0 Å². The van der Waals surface area contributed by atoms with Crippen LogP contribution in [0.4, 0.5) is 0 Å². The molecule has 0 N–H and O–H groups in total. The molecule has 0 aliphatic rings. The van der Waals surface area contributed by atoms with Crippen molar-refractivity contribution in [3.8, 4) is 0 Å². The smallest absolute Gasteiger partial charge is 0.0923 e. The highest BCUT2D eigenvalue weighted by atomic mass is 35.5. The zero-order valence-corrected chi connectivity index (χ0v) is 15.5. The molecule has 0 aromatic heterocycles. The second-order valence-corrected chi connectivity index (χ2v) is 7.58. The molecule has 0 aliphatic carbocycles. The van der Waals surface area contributed by atoms with E-state index in [1.54, 1.807) is 0 Å². The lowest BCUT2D eigenvalue weighted by Gasteiger charge is -2.18. The van der Waals surface area contributed by atoms with Crippen LogP contribution < -0.4 is 0 Å². The highest BCUT2D eigenvalue weighted by Gasteiger charge is 2.20. The minimum Gasteiger partial charge on any atom is -0.245 e. The summed E-state index contributed by atoms with van der Waals surface area (Å²) < 4.78 is 5.73. The van der Waals surface area contributed by atoms with E-state index >= 15 is 0 Å². The van der Waals surface area contributed by atoms with Crippen molar-refractivity contribution in [1.29, 1.82) is 0 Å². The molecule has 1 nitrogen and oxygen atoms in total. The summed E-state index contributed by atoms with van der Waals surface area (Å²) in [5.74, 6) is 0. The SMILES string of the molecule is C=C(Cl)C(SOSC(C(=C)Cl)c1ccccc1)c1ccccc1. The van der Waals surface area contributed by atoms with Crippen LogP contribution in [-0.2, 0) is 3.63 Å². The number of benzene rings is 2. The van der Waals surface area contributed by atoms with E-state index < -0.39 is 0 Å². The summed E-state index contributed by atoms with van der Waals surface area (Å²) >= 11 is 14.8. The van der Waals surface area contributed by atoms with Crippen LogP contribution in [0.25, 0.3) is 0 Å². The predicted molar refractivity (Wildman–Crippen MR) is 105 cm³/mol. The Morgan fingerprint density at radius 3 is 1.39 bits per heavy atom. The van der Waals surface area contributed by atoms with E-state index in [1.807, 2.05) is 60.7 Å². The van der Waals surface area contributed by atoms with Crippen molar-refractivity contribution < 1.29 is 3.63 Å². The van der Waals surface area contributed by atoms with Crippen molar-refractivity contribution >= 4 is 47.3 Å². The van der Waals surface area contributed by atoms with Gasteiger partial charge in [0.05, 0.1) is 10.5 Å². The lowest BCUT2D eigenvalue weighted by molar-refractivity contribution is 0.742. The first-order valence-electron chi connectivity index (χ1n) is 6.87. The molecule has 0 saturated heterocycles. The molecule has 2 aromatic carbocycles. The molecule has 0 spiro atoms. The highest BCUT2D eigenvalue weighted by molar-refractivity contribution is 8.08. The van der Waals surface area contributed by atoms with Gasteiger partial charge in [0.25, 0.3) is 0 Å². The maximum Gasteiger partial charge on any atom is 0.0923 e. The summed E-state index contributed by atoms with van der Waals surface area (Å²) in [4.78, 5) is 0. The van der Waals surface area contributed by atoms with Gasteiger partial charge in [-0.25, -0.2) is 3.63 Å². The van der Waals surface area contributed by atoms with E-state index in [9.17, 15) is 0 Å². The Balaban J connectivity index is 2.01. The van der Waals surface area contributed by atoms with Crippen LogP contribution in [0.3, 0.4) is 0 Å². The van der Waals surface area contributed by atoms with Crippen molar-refractivity contribution in [2.75, 3.05) is 0 Å². The van der Waals surface area contributed by atoms with Crippen LogP contribution in [0.2, 0.25) is 0 Å². The van der Waals surface area contributed by atoms with Gasteiger partial charge >= 0.3 is 0 Å². The molecule has 0 heterocycles. The lowest BCUT2D eigenvalue weighted by atomic mass is 10.1. The molecule has 120 valence electrons. The molecule has 2 aromatic rings. The first-order valence-corrected chi connectivity index (χ1v) is 9.23. The largest absolute Gasteiger partial charge is 0.245 e. The summed E-state index contributed by atoms with van der Waals surface area (Å²) in [6.45, 7) is 7.67. The average Bonchev–Trinajstić information content (AvgIpc) is 2.56. The first kappa shape index (κ1) is 18.5. The molecular formula is C18H16Cl2OS2. The Bertz CT molecular complexity index is 589. The third-order valence-corrected chi connectivity index (χ3v) is 5.87. The van der Waals surface area contributed by atoms with Gasteiger partial charge in [0, 0.05) is 34.2 Å². The molecule has 0 fully saturated rings. The average molecular weight is 383 g/mol. The molecule has 0 aliphatic heterocycles. The Kier molecular flexibility index (Phi) is 7.60. The molecule has 0 amide bonds. The van der Waals surface area contributed by atoms with Gasteiger partial charge in [0.1, 0.15) is 0 Å². The fourth-order valence-corrected chi connectivity index (χ4v) is 3.96. The van der Waals surface area contributed by atoms with E-state index in [0.717, 1.165) is 11.1 Å². The maximum absolute atomic E-state index is 6.13. The minimum absolute atomic E-state index is 0.148. The third kappa shape index (κ3) is 5.63. The lowest BCUT2D eigenvalue weighted by Crippen LogP contribution is -1.96. The molecule has 2 unspecified atom stereocenters. The minimum atomic E-state index is -0.148. The molecule has 5 heteroatoms. The zero-order chi connectivity index (χ0) is 16.7. The van der Waals surface area contributed by atoms with Crippen molar-refractivity contribution in [3.05, 3.63) is 95.0 Å². The van der Waals surface area contributed by atoms with E-state index in [1.165, 1.54) is 24.1 Å². The van der Waals surface area contributed by atoms with Crippen LogP contribution in [0.1, 0.15) is 21.6 Å². The third-order valence-electron chi connectivity index (χ3n) is 3.04. The Labute approximate surface area is 156 Å². The summed E-state index contributed by atoms with van der Waals surface area (Å²) in [5.41, 5.74) is 2.08. The molecule has 2 atom stereocenters. The normalized spacial score (nSPS) is 13.3. The summed E-state index contributed by atoms with van der Waals surface area (Å²) in [5, 5.41) is 0.737. The van der Waals surface area contributed by atoms with Crippen molar-refractivity contribution in [3.63, 3.8) is 0 Å². The summed E-state index contributed by atoms with van der Waals surface area (Å²) in [7, 11) is 0. The molecule has 0 bridgehead atoms. The van der Waals surface area contributed by atoms with Crippen LogP contribution in [0.5, 0.6) is 0 Å². The van der Waals surface area contributed by atoms with Gasteiger partial charge in [0.2, 0.25) is 0 Å². The standard InChI is InChI=1S/C18H16Cl2OS2/c1-13(19)17(15-9-5-3-6-10-15)22-21-23-18(14(2)20)16-11-7-4-8-12-16/h3-12,17-18H,1-2H2. The van der Waals surface area contributed by atoms with Gasteiger partial charge in [-0.3, -0.25) is 0 Å². The Morgan fingerprint density at radius 1 is 0.739 bits per heavy atom. The highest BCUT2D eigenvalue weighted by Crippen LogP contribution is 2.45. The molecule has 0 saturated carbocycles. The van der Waals surface area contributed by atoms with E-state index in [2.05, 4.69) is 13.2 Å². The van der Waals surface area contributed by atoms with Crippen molar-refractivity contribution in [2.45, 2.75) is 10.5 Å². The summed E-state index contributed by atoms with van der Waals surface area (Å²) in [6, 6.07) is 19.7. The summed E-state index contributed by atoms with van der Waals surface area (Å²) in [6.07, 6.45) is 0. The topological polar surface area (TPSA) is 9.23 Å². The Morgan fingerprint density at radius 2 is 1.09 bits per heavy atom. The van der Waals surface area contributed by atoms with Gasteiger partial charge in [-0.2, -0.15) is 0 Å². The van der Waals surface area contributed by atoms with Gasteiger partial charge in [-0.15, -0.1) is 0 Å². The predicted octanol–water partition coefficient (Wildman–Crippen LogP) is 7.29. The number of hydrogen-bond acceptors (Lipinski definition) is 3. The Hall–Kier alpha value is -0.840. The fraction of sp³-hybridized carbons (Fsp3) is 0.111. The molecule has 0 radical (unpaired) electrons. The van der Waals surface area contributed by atoms with Gasteiger partial charge in [-0.05, 0) is 11.1 Å². The van der Waals surface area contributed by atoms with Gasteiger partial charge in [0.15, 0.2) is 0 Å². The fourth-order valence-electron chi connectivity index (χ4n) is 1.93. The van der Waals surface area contributed by atoms with Gasteiger partial charge < -0.3 is 0 Å². The van der Waals surface area contributed by atoms with E-state index in [4.69, 9.17) is 26.8 Å². The molecule has 23 heavy (non-hydrogen) atoms. The zero-order valence-electron chi connectivity index (χ0n) is 12.3. The van der Waals surface area contributed by atoms with Crippen molar-refractivity contribution in [1.82, 2.24) is 0 Å². The van der Waals surface area contributed by atoms with Crippen LogP contribution in [-0.4, -0.2) is 0 Å². The quantitative estimate of drug-likeness (QED) is 0.443. The number of halogens is 2. The first-order chi connectivity index (χ1) is 11.1. The second kappa shape index (κ2) is 9.45. The van der Waals surface area contributed by atoms with E-state index in [0.29, 0.717) is 10.1 Å². The molecule has 2 rings (SSSR count). The second-order valence-electron chi connectivity index (χ2n) is 4.74. The maximum atomic E-state index is 6.13. The van der Waals surface area contributed by atoms with Gasteiger partial charge in [-0.1, -0.05) is 97.0 Å². The molecular weight excluding hydrogens is 367 g/mol. The monoisotopic (exact) mass is 382 g/mol. The van der Waals surface area contributed by atoms with Crippen LogP contribution >= 0.6 is 47.3 Å². The van der Waals surface area contributed by atoms with E-state index in [-0.39, 0.29) is 10.5 Å². The van der Waals surface area contributed by atoms with Crippen molar-refractivity contribution in [2.24, 2.45) is 0 Å². The number of hydrogen-bond donors (Lipinski definition) is 0.